The van der Waals surface area contributed by atoms with E-state index in [1.54, 1.807) is 19.9 Å². The molecular weight excluding hydrogens is 242 g/mol. The molecule has 0 amide bonds. The van der Waals surface area contributed by atoms with Crippen LogP contribution in [-0.4, -0.2) is 30.8 Å². The number of carboxylic acids is 1. The maximum atomic E-state index is 12.3. The molecule has 0 fully saturated rings. The molecule has 0 atom stereocenters. The minimum Gasteiger partial charge on any atom is -0.478 e. The molecule has 2 rings (SSSR count). The topological polar surface area (TPSA) is 83.5 Å². The largest absolute Gasteiger partial charge is 0.478 e. The molecule has 0 aromatic heterocycles. The van der Waals surface area contributed by atoms with E-state index < -0.39 is 20.6 Å². The molecule has 2 N–H and O–H groups in total. The molecule has 0 aliphatic carbocycles. The van der Waals surface area contributed by atoms with Gasteiger partial charge in [0.1, 0.15) is 4.90 Å². The van der Waals surface area contributed by atoms with Crippen LogP contribution in [0.25, 0.3) is 0 Å². The molecule has 5 nitrogen and oxygen atoms in total. The van der Waals surface area contributed by atoms with E-state index in [1.165, 1.54) is 12.1 Å². The Balaban J connectivity index is 2.82. The summed E-state index contributed by atoms with van der Waals surface area (Å²) in [6, 6.07) is 4.42. The van der Waals surface area contributed by atoms with Crippen molar-refractivity contribution in [2.45, 2.75) is 23.5 Å². The molecular formula is C11H13NO4S. The fourth-order valence-corrected chi connectivity index (χ4v) is 3.50. The Morgan fingerprint density at radius 2 is 2.06 bits per heavy atom. The smallest absolute Gasteiger partial charge is 0.337 e. The Kier molecular flexibility index (Phi) is 2.43. The van der Waals surface area contributed by atoms with E-state index in [-0.39, 0.29) is 17.0 Å². The number of benzene rings is 1. The Labute approximate surface area is 99.4 Å². The second-order valence-electron chi connectivity index (χ2n) is 4.60. The van der Waals surface area contributed by atoms with E-state index in [9.17, 15) is 13.2 Å². The fraction of sp³-hybridized carbons (Fsp3) is 0.364. The lowest BCUT2D eigenvalue weighted by Crippen LogP contribution is -2.43. The van der Waals surface area contributed by atoms with Gasteiger partial charge < -0.3 is 10.4 Å². The predicted molar refractivity (Wildman–Crippen MR) is 63.2 cm³/mol. The van der Waals surface area contributed by atoms with Crippen LogP contribution in [0.5, 0.6) is 0 Å². The van der Waals surface area contributed by atoms with Crippen molar-refractivity contribution in [1.29, 1.82) is 0 Å². The van der Waals surface area contributed by atoms with Crippen LogP contribution in [0.4, 0.5) is 5.69 Å². The van der Waals surface area contributed by atoms with Crippen molar-refractivity contribution in [2.75, 3.05) is 11.9 Å². The van der Waals surface area contributed by atoms with Gasteiger partial charge in [0.15, 0.2) is 9.84 Å². The molecule has 1 heterocycles. The van der Waals surface area contributed by atoms with Gasteiger partial charge in [-0.25, -0.2) is 13.2 Å². The van der Waals surface area contributed by atoms with Crippen molar-refractivity contribution in [3.63, 3.8) is 0 Å². The number of aromatic carboxylic acids is 1. The van der Waals surface area contributed by atoms with Crippen LogP contribution >= 0.6 is 0 Å². The van der Waals surface area contributed by atoms with Crippen molar-refractivity contribution >= 4 is 21.5 Å². The van der Waals surface area contributed by atoms with Crippen LogP contribution in [-0.2, 0) is 9.84 Å². The van der Waals surface area contributed by atoms with Gasteiger partial charge in [-0.1, -0.05) is 6.07 Å². The van der Waals surface area contributed by atoms with Gasteiger partial charge in [-0.05, 0) is 26.0 Å². The first-order valence-electron chi connectivity index (χ1n) is 5.12. The van der Waals surface area contributed by atoms with Gasteiger partial charge in [0, 0.05) is 6.54 Å². The quantitative estimate of drug-likeness (QED) is 0.791. The van der Waals surface area contributed by atoms with E-state index in [0.29, 0.717) is 5.69 Å². The molecule has 0 radical (unpaired) electrons. The summed E-state index contributed by atoms with van der Waals surface area (Å²) in [6.07, 6.45) is 0. The van der Waals surface area contributed by atoms with E-state index in [0.717, 1.165) is 0 Å². The van der Waals surface area contributed by atoms with E-state index in [4.69, 9.17) is 5.11 Å². The molecule has 1 aromatic rings. The summed E-state index contributed by atoms with van der Waals surface area (Å²) in [5.41, 5.74) is 0.187. The first kappa shape index (κ1) is 11.9. The number of anilines is 1. The number of hydrogen-bond acceptors (Lipinski definition) is 4. The third-order valence-electron chi connectivity index (χ3n) is 2.95. The highest BCUT2D eigenvalue weighted by Gasteiger charge is 2.43. The number of sulfone groups is 1. The molecule has 1 aliphatic heterocycles. The Bertz CT molecular complexity index is 589. The number of fused-ring (bicyclic) bond motifs is 1. The van der Waals surface area contributed by atoms with Gasteiger partial charge in [-0.15, -0.1) is 0 Å². The fourth-order valence-electron chi connectivity index (χ4n) is 1.81. The van der Waals surface area contributed by atoms with E-state index >= 15 is 0 Å². The second kappa shape index (κ2) is 3.46. The van der Waals surface area contributed by atoms with Gasteiger partial charge in [0.25, 0.3) is 0 Å². The monoisotopic (exact) mass is 255 g/mol. The lowest BCUT2D eigenvalue weighted by atomic mass is 10.1. The third-order valence-corrected chi connectivity index (χ3v) is 5.52. The second-order valence-corrected chi connectivity index (χ2v) is 7.12. The zero-order chi connectivity index (χ0) is 12.8. The van der Waals surface area contributed by atoms with Crippen LogP contribution in [0.3, 0.4) is 0 Å². The molecule has 17 heavy (non-hydrogen) atoms. The minimum atomic E-state index is -3.64. The molecule has 1 aliphatic rings. The minimum absolute atomic E-state index is 0.108. The summed E-state index contributed by atoms with van der Waals surface area (Å²) in [5.74, 6) is -1.23. The third kappa shape index (κ3) is 1.59. The van der Waals surface area contributed by atoms with Crippen molar-refractivity contribution < 1.29 is 18.3 Å². The van der Waals surface area contributed by atoms with Gasteiger partial charge in [0.05, 0.1) is 16.0 Å². The average molecular weight is 255 g/mol. The maximum Gasteiger partial charge on any atom is 0.337 e. The maximum absolute atomic E-state index is 12.3. The summed E-state index contributed by atoms with van der Waals surface area (Å²) < 4.78 is 23.7. The molecule has 1 aromatic carbocycles. The standard InChI is InChI=1S/C11H13NO4S/c1-11(2)6-12-8-5-3-4-7(10(13)14)9(8)17(11,15)16/h3-5,12H,6H2,1-2H3,(H,13,14). The molecule has 0 spiro atoms. The lowest BCUT2D eigenvalue weighted by Gasteiger charge is -2.32. The van der Waals surface area contributed by atoms with Crippen molar-refractivity contribution in [1.82, 2.24) is 0 Å². The predicted octanol–water partition coefficient (Wildman–Crippen LogP) is 1.36. The highest BCUT2D eigenvalue weighted by Crippen LogP contribution is 2.37. The number of rotatable bonds is 1. The van der Waals surface area contributed by atoms with Crippen LogP contribution in [0.2, 0.25) is 0 Å². The van der Waals surface area contributed by atoms with Crippen molar-refractivity contribution in [2.24, 2.45) is 0 Å². The van der Waals surface area contributed by atoms with Gasteiger partial charge >= 0.3 is 5.97 Å². The first-order valence-corrected chi connectivity index (χ1v) is 6.60. The molecule has 0 bridgehead atoms. The van der Waals surface area contributed by atoms with Gasteiger partial charge in [0.2, 0.25) is 0 Å². The highest BCUT2D eigenvalue weighted by atomic mass is 32.2. The van der Waals surface area contributed by atoms with Gasteiger partial charge in [-0.3, -0.25) is 0 Å². The normalized spacial score (nSPS) is 20.1. The molecule has 0 saturated heterocycles. The number of nitrogens with one attached hydrogen (secondary N) is 1. The molecule has 92 valence electrons. The molecule has 6 heteroatoms. The number of hydrogen-bond donors (Lipinski definition) is 2. The van der Waals surface area contributed by atoms with Crippen LogP contribution in [0.15, 0.2) is 23.1 Å². The van der Waals surface area contributed by atoms with E-state index in [1.807, 2.05) is 0 Å². The zero-order valence-electron chi connectivity index (χ0n) is 9.52. The molecule has 0 unspecified atom stereocenters. The highest BCUT2D eigenvalue weighted by molar-refractivity contribution is 7.93. The summed E-state index contributed by atoms with van der Waals surface area (Å²) in [6.45, 7) is 3.43. The summed E-state index contributed by atoms with van der Waals surface area (Å²) in [7, 11) is -3.64. The lowest BCUT2D eigenvalue weighted by molar-refractivity contribution is 0.0692. The first-order chi connectivity index (χ1) is 7.77. The Hall–Kier alpha value is -1.56. The Morgan fingerprint density at radius 1 is 1.41 bits per heavy atom. The van der Waals surface area contributed by atoms with Crippen molar-refractivity contribution in [3.05, 3.63) is 23.8 Å². The van der Waals surface area contributed by atoms with Crippen LogP contribution in [0, 0.1) is 0 Å². The molecule has 0 saturated carbocycles. The van der Waals surface area contributed by atoms with Gasteiger partial charge in [-0.2, -0.15) is 0 Å². The Morgan fingerprint density at radius 3 is 2.65 bits per heavy atom. The van der Waals surface area contributed by atoms with Crippen molar-refractivity contribution in [3.8, 4) is 0 Å². The summed E-state index contributed by atoms with van der Waals surface area (Å²) in [5, 5.41) is 12.0. The number of carbonyl (C=O) groups is 1. The van der Waals surface area contributed by atoms with Crippen LogP contribution in [0.1, 0.15) is 24.2 Å². The number of carboxylic acid groups (broad SMARTS) is 1. The van der Waals surface area contributed by atoms with Crippen LogP contribution < -0.4 is 5.32 Å². The average Bonchev–Trinajstić information content (AvgIpc) is 2.23. The zero-order valence-corrected chi connectivity index (χ0v) is 10.3. The summed E-state index contributed by atoms with van der Waals surface area (Å²) >= 11 is 0. The SMILES string of the molecule is CC1(C)CNc2cccc(C(=O)O)c2S1(=O)=O. The van der Waals surface area contributed by atoms with E-state index in [2.05, 4.69) is 5.32 Å². The summed E-state index contributed by atoms with van der Waals surface area (Å²) in [4.78, 5) is 11.0.